The average molecular weight is 417 g/mol. The summed E-state index contributed by atoms with van der Waals surface area (Å²) >= 11 is 0. The maximum absolute atomic E-state index is 12.7. The van der Waals surface area contributed by atoms with Crippen molar-refractivity contribution in [3.8, 4) is 11.5 Å². The van der Waals surface area contributed by atoms with Crippen LogP contribution in [0.3, 0.4) is 0 Å². The van der Waals surface area contributed by atoms with E-state index >= 15 is 0 Å². The van der Waals surface area contributed by atoms with E-state index in [0.717, 1.165) is 0 Å². The number of non-ortho nitro benzene ring substituents is 1. The fourth-order valence-corrected chi connectivity index (χ4v) is 3.00. The Labute approximate surface area is 175 Å². The Morgan fingerprint density at radius 3 is 2.68 bits per heavy atom. The van der Waals surface area contributed by atoms with Crippen LogP contribution in [0, 0.1) is 10.1 Å². The first-order valence-electron chi connectivity index (χ1n) is 9.16. The number of hydrogen-bond acceptors (Lipinski definition) is 7. The molecule has 0 bridgehead atoms. The number of rotatable bonds is 6. The van der Waals surface area contributed by atoms with Gasteiger partial charge >= 0.3 is 5.97 Å². The summed E-state index contributed by atoms with van der Waals surface area (Å²) in [7, 11) is 0. The number of anilines is 1. The molecule has 0 saturated carbocycles. The second kappa shape index (κ2) is 8.46. The van der Waals surface area contributed by atoms with Gasteiger partial charge in [-0.25, -0.2) is 9.78 Å². The van der Waals surface area contributed by atoms with Crippen molar-refractivity contribution in [1.82, 2.24) is 4.98 Å². The van der Waals surface area contributed by atoms with Gasteiger partial charge in [-0.3, -0.25) is 14.9 Å². The van der Waals surface area contributed by atoms with E-state index in [9.17, 15) is 19.7 Å². The zero-order chi connectivity index (χ0) is 21.8. The van der Waals surface area contributed by atoms with Gasteiger partial charge in [0.05, 0.1) is 22.3 Å². The summed E-state index contributed by atoms with van der Waals surface area (Å²) in [5.74, 6) is -0.845. The second-order valence-corrected chi connectivity index (χ2v) is 6.48. The third-order valence-corrected chi connectivity index (χ3v) is 4.38. The first kappa shape index (κ1) is 19.8. The van der Waals surface area contributed by atoms with Crippen LogP contribution < -0.4 is 5.32 Å². The van der Waals surface area contributed by atoms with E-state index in [2.05, 4.69) is 10.3 Å². The lowest BCUT2D eigenvalue weighted by atomic mass is 10.1. The van der Waals surface area contributed by atoms with Gasteiger partial charge in [0, 0.05) is 23.2 Å². The molecule has 0 spiro atoms. The van der Waals surface area contributed by atoms with Crippen LogP contribution in [-0.2, 0) is 9.53 Å². The van der Waals surface area contributed by atoms with Gasteiger partial charge < -0.3 is 14.5 Å². The van der Waals surface area contributed by atoms with Gasteiger partial charge in [0.15, 0.2) is 12.4 Å². The summed E-state index contributed by atoms with van der Waals surface area (Å²) in [5.41, 5.74) is 1.33. The van der Waals surface area contributed by atoms with Crippen LogP contribution >= 0.6 is 0 Å². The maximum Gasteiger partial charge on any atom is 0.339 e. The number of benzene rings is 2. The highest BCUT2D eigenvalue weighted by atomic mass is 16.6. The van der Waals surface area contributed by atoms with Crippen molar-refractivity contribution in [1.29, 1.82) is 0 Å². The van der Waals surface area contributed by atoms with Crippen LogP contribution in [0.1, 0.15) is 10.4 Å². The average Bonchev–Trinajstić information content (AvgIpc) is 3.32. The fourth-order valence-electron chi connectivity index (χ4n) is 3.00. The van der Waals surface area contributed by atoms with E-state index < -0.39 is 23.4 Å². The fraction of sp³-hybridized carbons (Fsp3) is 0.0455. The SMILES string of the molecule is O=C(COC(=O)c1cc(-c2ccco2)nc2ccccc12)Nc1cccc([N+](=O)[O-])c1. The Hall–Kier alpha value is -4.53. The second-order valence-electron chi connectivity index (χ2n) is 6.48. The number of pyridine rings is 1. The maximum atomic E-state index is 12.7. The van der Waals surface area contributed by atoms with Gasteiger partial charge in [-0.05, 0) is 30.3 Å². The molecule has 0 aliphatic heterocycles. The predicted octanol–water partition coefficient (Wildman–Crippen LogP) is 4.20. The molecule has 9 heteroatoms. The van der Waals surface area contributed by atoms with E-state index in [0.29, 0.717) is 22.4 Å². The van der Waals surface area contributed by atoms with Gasteiger partial charge in [0.2, 0.25) is 0 Å². The molecular formula is C22H15N3O6. The number of esters is 1. The summed E-state index contributed by atoms with van der Waals surface area (Å²) in [6.45, 7) is -0.561. The molecular weight excluding hydrogens is 402 g/mol. The smallest absolute Gasteiger partial charge is 0.339 e. The molecule has 0 atom stereocenters. The summed E-state index contributed by atoms with van der Waals surface area (Å²) in [5, 5.41) is 13.9. The van der Waals surface area contributed by atoms with Crippen LogP contribution in [0.5, 0.6) is 0 Å². The van der Waals surface area contributed by atoms with Crippen molar-refractivity contribution in [2.75, 3.05) is 11.9 Å². The van der Waals surface area contributed by atoms with E-state index in [4.69, 9.17) is 9.15 Å². The van der Waals surface area contributed by atoms with E-state index in [1.807, 2.05) is 0 Å². The van der Waals surface area contributed by atoms with Crippen LogP contribution in [0.25, 0.3) is 22.4 Å². The highest BCUT2D eigenvalue weighted by molar-refractivity contribution is 6.05. The van der Waals surface area contributed by atoms with Crippen molar-refractivity contribution in [2.24, 2.45) is 0 Å². The quantitative estimate of drug-likeness (QED) is 0.283. The van der Waals surface area contributed by atoms with Gasteiger partial charge in [0.25, 0.3) is 11.6 Å². The minimum Gasteiger partial charge on any atom is -0.463 e. The number of nitrogens with zero attached hydrogens (tertiary/aromatic N) is 2. The molecule has 2 aromatic heterocycles. The van der Waals surface area contributed by atoms with Crippen molar-refractivity contribution in [2.45, 2.75) is 0 Å². The first-order chi connectivity index (χ1) is 15.0. The topological polar surface area (TPSA) is 125 Å². The van der Waals surface area contributed by atoms with Gasteiger partial charge in [0.1, 0.15) is 5.69 Å². The molecule has 4 rings (SSSR count). The standard InChI is InChI=1S/C22H15N3O6/c26-21(23-14-5-3-6-15(11-14)25(28)29)13-31-22(27)17-12-19(20-9-4-10-30-20)24-18-8-2-1-7-16(17)18/h1-12H,13H2,(H,23,26). The number of furan rings is 1. The molecule has 0 unspecified atom stereocenters. The molecule has 154 valence electrons. The number of fused-ring (bicyclic) bond motifs is 1. The zero-order valence-electron chi connectivity index (χ0n) is 16.0. The Morgan fingerprint density at radius 2 is 1.90 bits per heavy atom. The highest BCUT2D eigenvalue weighted by Crippen LogP contribution is 2.25. The van der Waals surface area contributed by atoms with Gasteiger partial charge in [-0.1, -0.05) is 24.3 Å². The summed E-state index contributed by atoms with van der Waals surface area (Å²) in [6, 6.07) is 17.5. The predicted molar refractivity (Wildman–Crippen MR) is 111 cm³/mol. The van der Waals surface area contributed by atoms with Crippen LogP contribution in [0.4, 0.5) is 11.4 Å². The lowest BCUT2D eigenvalue weighted by molar-refractivity contribution is -0.384. The van der Waals surface area contributed by atoms with Crippen LogP contribution in [0.15, 0.2) is 77.4 Å². The number of ether oxygens (including phenoxy) is 1. The van der Waals surface area contributed by atoms with E-state index in [1.54, 1.807) is 42.5 Å². The molecule has 1 amide bonds. The molecule has 9 nitrogen and oxygen atoms in total. The molecule has 0 aliphatic rings. The van der Waals surface area contributed by atoms with E-state index in [1.165, 1.54) is 30.5 Å². The number of amides is 1. The number of hydrogen-bond donors (Lipinski definition) is 1. The van der Waals surface area contributed by atoms with Crippen LogP contribution in [0.2, 0.25) is 0 Å². The number of aromatic nitrogens is 1. The number of carbonyl (C=O) groups excluding carboxylic acids is 2. The van der Waals surface area contributed by atoms with Crippen molar-refractivity contribution < 1.29 is 23.7 Å². The Kier molecular flexibility index (Phi) is 5.39. The van der Waals surface area contributed by atoms with Gasteiger partial charge in [-0.2, -0.15) is 0 Å². The monoisotopic (exact) mass is 417 g/mol. The highest BCUT2D eigenvalue weighted by Gasteiger charge is 2.17. The molecule has 0 fully saturated rings. The molecule has 4 aromatic rings. The first-order valence-corrected chi connectivity index (χ1v) is 9.16. The molecule has 2 heterocycles. The molecule has 0 saturated heterocycles. The third kappa shape index (κ3) is 4.40. The Balaban J connectivity index is 1.51. The number of nitro groups is 1. The minimum atomic E-state index is -0.708. The summed E-state index contributed by atoms with van der Waals surface area (Å²) in [6.07, 6.45) is 1.50. The number of para-hydroxylation sites is 1. The van der Waals surface area contributed by atoms with E-state index in [-0.39, 0.29) is 16.9 Å². The third-order valence-electron chi connectivity index (χ3n) is 4.38. The lowest BCUT2D eigenvalue weighted by Gasteiger charge is -2.09. The minimum absolute atomic E-state index is 0.163. The normalized spacial score (nSPS) is 10.6. The Morgan fingerprint density at radius 1 is 1.06 bits per heavy atom. The van der Waals surface area contributed by atoms with Crippen LogP contribution in [-0.4, -0.2) is 28.4 Å². The number of nitrogens with one attached hydrogen (secondary N) is 1. The lowest BCUT2D eigenvalue weighted by Crippen LogP contribution is -2.21. The molecule has 31 heavy (non-hydrogen) atoms. The molecule has 0 radical (unpaired) electrons. The van der Waals surface area contributed by atoms with Crippen molar-refractivity contribution in [3.05, 3.63) is 88.7 Å². The van der Waals surface area contributed by atoms with Crippen molar-refractivity contribution in [3.63, 3.8) is 0 Å². The summed E-state index contributed by atoms with van der Waals surface area (Å²) in [4.78, 5) is 39.7. The number of nitro benzene ring substituents is 1. The summed E-state index contributed by atoms with van der Waals surface area (Å²) < 4.78 is 10.5. The molecule has 2 aromatic carbocycles. The zero-order valence-corrected chi connectivity index (χ0v) is 16.0. The number of carbonyl (C=O) groups is 2. The van der Waals surface area contributed by atoms with Crippen molar-refractivity contribution >= 4 is 34.2 Å². The largest absolute Gasteiger partial charge is 0.463 e. The molecule has 1 N–H and O–H groups in total. The molecule has 0 aliphatic carbocycles. The van der Waals surface area contributed by atoms with Gasteiger partial charge in [-0.15, -0.1) is 0 Å². The Bertz CT molecular complexity index is 1280.